The van der Waals surface area contributed by atoms with Crippen molar-refractivity contribution in [2.75, 3.05) is 6.61 Å². The van der Waals surface area contributed by atoms with Gasteiger partial charge in [0, 0.05) is 0 Å². The van der Waals surface area contributed by atoms with E-state index in [1.54, 1.807) is 13.8 Å². The first kappa shape index (κ1) is 14.7. The number of rotatable bonds is 4. The Hall–Kier alpha value is 0.140. The Morgan fingerprint density at radius 2 is 1.83 bits per heavy atom. The second kappa shape index (κ2) is 7.77. The zero-order valence-corrected chi connectivity index (χ0v) is 10.2. The first-order valence-electron chi connectivity index (χ1n) is 3.80. The van der Waals surface area contributed by atoms with Crippen LogP contribution in [0.25, 0.3) is 0 Å². The third-order valence-electron chi connectivity index (χ3n) is 1.47. The van der Waals surface area contributed by atoms with E-state index in [2.05, 4.69) is 0 Å². The summed E-state index contributed by atoms with van der Waals surface area (Å²) in [7, 11) is 0. The summed E-state index contributed by atoms with van der Waals surface area (Å²) in [5.41, 5.74) is 0. The zero-order valence-electron chi connectivity index (χ0n) is 8.22. The van der Waals surface area contributed by atoms with Gasteiger partial charge in [0.15, 0.2) is 0 Å². The summed E-state index contributed by atoms with van der Waals surface area (Å²) in [6.45, 7) is 5.27. The van der Waals surface area contributed by atoms with E-state index in [4.69, 9.17) is 4.74 Å². The van der Waals surface area contributed by atoms with Crippen LogP contribution in [-0.2, 0) is 14.3 Å². The van der Waals surface area contributed by atoms with Crippen LogP contribution in [0, 0.1) is 5.92 Å². The van der Waals surface area contributed by atoms with Crippen LogP contribution >= 0.6 is 0 Å². The largest absolute Gasteiger partial charge is 1.00 e. The van der Waals surface area contributed by atoms with E-state index < -0.39 is 11.9 Å². The number of ether oxygens (including phenoxy) is 1. The molecule has 0 N–H and O–H groups in total. The van der Waals surface area contributed by atoms with Gasteiger partial charge in [0.2, 0.25) is 0 Å². The molecule has 0 fully saturated rings. The normalized spacial score (nSPS) is 11.2. The molecule has 1 unspecified atom stereocenters. The standard InChI is InChI=1S/C8H14O3.Na/c1-4-7(6(3)9)8(10)11-5-2;/h7H,4-5H2,1-3H3;/q;+1. The van der Waals surface area contributed by atoms with E-state index in [1.165, 1.54) is 6.92 Å². The molecule has 0 bridgehead atoms. The number of carbonyl (C=O) groups is 2. The summed E-state index contributed by atoms with van der Waals surface area (Å²) >= 11 is 0. The molecule has 0 amide bonds. The van der Waals surface area contributed by atoms with Crippen molar-refractivity contribution < 1.29 is 43.9 Å². The van der Waals surface area contributed by atoms with Crippen LogP contribution in [0.5, 0.6) is 0 Å². The van der Waals surface area contributed by atoms with E-state index in [9.17, 15) is 9.59 Å². The number of ketones is 1. The monoisotopic (exact) mass is 181 g/mol. The smallest absolute Gasteiger partial charge is 0.465 e. The van der Waals surface area contributed by atoms with Gasteiger partial charge >= 0.3 is 35.5 Å². The van der Waals surface area contributed by atoms with Crippen LogP contribution in [0.2, 0.25) is 0 Å². The fraction of sp³-hybridized carbons (Fsp3) is 0.750. The Morgan fingerprint density at radius 1 is 1.33 bits per heavy atom. The Balaban J connectivity index is 0. The van der Waals surface area contributed by atoms with E-state index in [0.29, 0.717) is 13.0 Å². The number of hydrogen-bond acceptors (Lipinski definition) is 3. The molecular formula is C8H14NaO3+. The molecule has 12 heavy (non-hydrogen) atoms. The molecule has 0 aliphatic heterocycles. The van der Waals surface area contributed by atoms with E-state index in [-0.39, 0.29) is 35.3 Å². The third kappa shape index (κ3) is 4.91. The van der Waals surface area contributed by atoms with Gasteiger partial charge in [0.05, 0.1) is 6.61 Å². The SMILES string of the molecule is CCOC(=O)C(CC)C(C)=O.[Na+]. The fourth-order valence-electron chi connectivity index (χ4n) is 0.863. The minimum Gasteiger partial charge on any atom is -0.465 e. The number of Topliss-reactive ketones (excluding diaryl/α,β-unsaturated/α-hetero) is 1. The minimum atomic E-state index is -0.560. The first-order chi connectivity index (χ1) is 5.13. The number of esters is 1. The molecule has 0 aromatic heterocycles. The molecule has 0 aromatic rings. The molecule has 0 radical (unpaired) electrons. The van der Waals surface area contributed by atoms with Crippen LogP contribution in [0.1, 0.15) is 27.2 Å². The predicted octanol–water partition coefficient (Wildman–Crippen LogP) is -1.83. The average Bonchev–Trinajstić information content (AvgIpc) is 1.88. The summed E-state index contributed by atoms with van der Waals surface area (Å²) in [6.07, 6.45) is 0.522. The molecule has 0 saturated carbocycles. The molecule has 0 spiro atoms. The number of hydrogen-bond donors (Lipinski definition) is 0. The van der Waals surface area contributed by atoms with Crippen molar-refractivity contribution >= 4 is 11.8 Å². The van der Waals surface area contributed by atoms with Crippen molar-refractivity contribution in [3.63, 3.8) is 0 Å². The zero-order chi connectivity index (χ0) is 8.85. The molecule has 3 nitrogen and oxygen atoms in total. The van der Waals surface area contributed by atoms with E-state index in [1.807, 2.05) is 0 Å². The molecule has 1 atom stereocenters. The summed E-state index contributed by atoms with van der Waals surface area (Å²) in [4.78, 5) is 21.8. The summed E-state index contributed by atoms with van der Waals surface area (Å²) in [5, 5.41) is 0. The molecule has 0 saturated heterocycles. The maximum Gasteiger partial charge on any atom is 1.00 e. The van der Waals surface area contributed by atoms with Gasteiger partial charge in [-0.1, -0.05) is 6.92 Å². The Kier molecular flexibility index (Phi) is 9.49. The Bertz CT molecular complexity index is 156. The molecule has 0 aliphatic carbocycles. The number of carbonyl (C=O) groups excluding carboxylic acids is 2. The molecular weight excluding hydrogens is 167 g/mol. The van der Waals surface area contributed by atoms with Gasteiger partial charge in [-0.05, 0) is 20.3 Å². The Morgan fingerprint density at radius 3 is 2.08 bits per heavy atom. The van der Waals surface area contributed by atoms with Crippen molar-refractivity contribution in [1.29, 1.82) is 0 Å². The van der Waals surface area contributed by atoms with Gasteiger partial charge in [-0.15, -0.1) is 0 Å². The maximum absolute atomic E-state index is 11.0. The molecule has 0 heterocycles. The molecule has 0 aromatic carbocycles. The van der Waals surface area contributed by atoms with Crippen LogP contribution in [0.4, 0.5) is 0 Å². The van der Waals surface area contributed by atoms with Crippen LogP contribution in [0.3, 0.4) is 0 Å². The van der Waals surface area contributed by atoms with E-state index >= 15 is 0 Å². The van der Waals surface area contributed by atoms with Gasteiger partial charge in [0.1, 0.15) is 11.7 Å². The second-order valence-electron chi connectivity index (χ2n) is 2.32. The molecule has 64 valence electrons. The quantitative estimate of drug-likeness (QED) is 0.291. The van der Waals surface area contributed by atoms with Gasteiger partial charge in [-0.25, -0.2) is 0 Å². The minimum absolute atomic E-state index is 0. The van der Waals surface area contributed by atoms with Gasteiger partial charge in [-0.2, -0.15) is 0 Å². The second-order valence-corrected chi connectivity index (χ2v) is 2.32. The van der Waals surface area contributed by atoms with Crippen molar-refractivity contribution in [2.24, 2.45) is 5.92 Å². The topological polar surface area (TPSA) is 43.4 Å². The third-order valence-corrected chi connectivity index (χ3v) is 1.47. The molecule has 0 rings (SSSR count). The average molecular weight is 181 g/mol. The summed E-state index contributed by atoms with van der Waals surface area (Å²) < 4.78 is 4.70. The van der Waals surface area contributed by atoms with Crippen molar-refractivity contribution in [3.05, 3.63) is 0 Å². The fourth-order valence-corrected chi connectivity index (χ4v) is 0.863. The first-order valence-corrected chi connectivity index (χ1v) is 3.80. The van der Waals surface area contributed by atoms with Crippen LogP contribution in [0.15, 0.2) is 0 Å². The van der Waals surface area contributed by atoms with Gasteiger partial charge in [0.25, 0.3) is 0 Å². The molecule has 0 aliphatic rings. The van der Waals surface area contributed by atoms with Gasteiger partial charge in [-0.3, -0.25) is 9.59 Å². The van der Waals surface area contributed by atoms with Crippen LogP contribution in [-0.4, -0.2) is 18.4 Å². The molecule has 4 heteroatoms. The van der Waals surface area contributed by atoms with Crippen molar-refractivity contribution in [2.45, 2.75) is 27.2 Å². The van der Waals surface area contributed by atoms with Crippen molar-refractivity contribution in [3.8, 4) is 0 Å². The van der Waals surface area contributed by atoms with Crippen LogP contribution < -0.4 is 29.6 Å². The van der Waals surface area contributed by atoms with Gasteiger partial charge < -0.3 is 4.74 Å². The predicted molar refractivity (Wildman–Crippen MR) is 41.1 cm³/mol. The summed E-state index contributed by atoms with van der Waals surface area (Å²) in [5.74, 6) is -1.08. The summed E-state index contributed by atoms with van der Waals surface area (Å²) in [6, 6.07) is 0. The van der Waals surface area contributed by atoms with Crippen molar-refractivity contribution in [1.82, 2.24) is 0 Å². The van der Waals surface area contributed by atoms with E-state index in [0.717, 1.165) is 0 Å². The maximum atomic E-state index is 11.0. The Labute approximate surface area is 95.1 Å².